The van der Waals surface area contributed by atoms with Crippen LogP contribution in [0.4, 0.5) is 0 Å². The first-order valence-corrected chi connectivity index (χ1v) is 6.87. The molecule has 1 aliphatic rings. The van der Waals surface area contributed by atoms with Gasteiger partial charge in [0, 0.05) is 31.6 Å². The van der Waals surface area contributed by atoms with Crippen molar-refractivity contribution < 1.29 is 9.90 Å². The summed E-state index contributed by atoms with van der Waals surface area (Å²) in [5.74, 6) is -0.247. The van der Waals surface area contributed by atoms with Gasteiger partial charge in [-0.25, -0.2) is 4.79 Å². The van der Waals surface area contributed by atoms with E-state index in [2.05, 4.69) is 24.5 Å². The van der Waals surface area contributed by atoms with Gasteiger partial charge in [0.1, 0.15) is 0 Å². The van der Waals surface area contributed by atoms with Crippen molar-refractivity contribution in [3.63, 3.8) is 0 Å². The van der Waals surface area contributed by atoms with Crippen molar-refractivity contribution >= 4 is 5.97 Å². The first kappa shape index (κ1) is 14.0. The number of carboxylic acids is 1. The molecule has 0 spiro atoms. The quantitative estimate of drug-likeness (QED) is 0.772. The minimum Gasteiger partial charge on any atom is -0.478 e. The number of carbonyl (C=O) groups is 1. The van der Waals surface area contributed by atoms with E-state index < -0.39 is 5.97 Å². The van der Waals surface area contributed by atoms with Gasteiger partial charge in [-0.3, -0.25) is 0 Å². The Bertz CT molecular complexity index is 440. The van der Waals surface area contributed by atoms with Gasteiger partial charge in [-0.05, 0) is 17.5 Å². The molecule has 4 nitrogen and oxygen atoms in total. The first-order valence-electron chi connectivity index (χ1n) is 6.87. The Balaban J connectivity index is 2.35. The van der Waals surface area contributed by atoms with E-state index in [0.717, 1.165) is 25.2 Å². The molecule has 104 valence electrons. The third kappa shape index (κ3) is 3.14. The molecule has 2 atom stereocenters. The highest BCUT2D eigenvalue weighted by Crippen LogP contribution is 2.31. The smallest absolute Gasteiger partial charge is 0.335 e. The highest BCUT2D eigenvalue weighted by Gasteiger charge is 2.30. The fourth-order valence-corrected chi connectivity index (χ4v) is 2.95. The third-order valence-electron chi connectivity index (χ3n) is 3.77. The number of aromatic carboxylic acids is 1. The van der Waals surface area contributed by atoms with Crippen LogP contribution in [-0.4, -0.2) is 36.8 Å². The van der Waals surface area contributed by atoms with Crippen molar-refractivity contribution in [3.8, 4) is 0 Å². The van der Waals surface area contributed by atoms with E-state index in [1.165, 1.54) is 0 Å². The van der Waals surface area contributed by atoms with Gasteiger partial charge in [0.2, 0.25) is 0 Å². The lowest BCUT2D eigenvalue weighted by atomic mass is 9.79. The van der Waals surface area contributed by atoms with E-state index in [1.54, 1.807) is 12.1 Å². The maximum absolute atomic E-state index is 11.4. The average Bonchev–Trinajstić information content (AvgIpc) is 2.40. The number of carboxylic acid groups (broad SMARTS) is 1. The fourth-order valence-electron chi connectivity index (χ4n) is 2.95. The van der Waals surface area contributed by atoms with Crippen molar-refractivity contribution in [2.24, 2.45) is 5.92 Å². The second-order valence-electron chi connectivity index (χ2n) is 5.43. The Kier molecular flexibility index (Phi) is 4.56. The lowest BCUT2D eigenvalue weighted by Gasteiger charge is -2.35. The SMILES string of the molecule is CC(C)C(c1ccccc1C(=O)O)C1CNCCN1. The molecule has 3 N–H and O–H groups in total. The normalized spacial score (nSPS) is 21.3. The van der Waals surface area contributed by atoms with Crippen molar-refractivity contribution in [2.45, 2.75) is 25.8 Å². The molecule has 1 heterocycles. The molecule has 0 aromatic heterocycles. The van der Waals surface area contributed by atoms with Crippen molar-refractivity contribution in [3.05, 3.63) is 35.4 Å². The van der Waals surface area contributed by atoms with Gasteiger partial charge in [0.15, 0.2) is 0 Å². The van der Waals surface area contributed by atoms with Gasteiger partial charge < -0.3 is 15.7 Å². The van der Waals surface area contributed by atoms with E-state index in [9.17, 15) is 9.90 Å². The van der Waals surface area contributed by atoms with Gasteiger partial charge in [0.25, 0.3) is 0 Å². The Hall–Kier alpha value is -1.39. The molecule has 0 saturated carbocycles. The summed E-state index contributed by atoms with van der Waals surface area (Å²) >= 11 is 0. The first-order chi connectivity index (χ1) is 9.11. The molecular weight excluding hydrogens is 240 g/mol. The summed E-state index contributed by atoms with van der Waals surface area (Å²) in [5.41, 5.74) is 1.36. The van der Waals surface area contributed by atoms with Crippen LogP contribution >= 0.6 is 0 Å². The molecule has 0 amide bonds. The number of nitrogens with one attached hydrogen (secondary N) is 2. The van der Waals surface area contributed by atoms with Crippen LogP contribution in [0.15, 0.2) is 24.3 Å². The zero-order valence-electron chi connectivity index (χ0n) is 11.5. The second kappa shape index (κ2) is 6.17. The molecule has 19 heavy (non-hydrogen) atoms. The van der Waals surface area contributed by atoms with Crippen LogP contribution in [0.5, 0.6) is 0 Å². The average molecular weight is 262 g/mol. The number of rotatable bonds is 4. The van der Waals surface area contributed by atoms with Crippen LogP contribution in [0.3, 0.4) is 0 Å². The molecule has 1 saturated heterocycles. The summed E-state index contributed by atoms with van der Waals surface area (Å²) in [4.78, 5) is 11.4. The predicted molar refractivity (Wildman–Crippen MR) is 75.6 cm³/mol. The van der Waals surface area contributed by atoms with Gasteiger partial charge in [-0.1, -0.05) is 32.0 Å². The number of piperazine rings is 1. The van der Waals surface area contributed by atoms with Crippen LogP contribution < -0.4 is 10.6 Å². The Morgan fingerprint density at radius 3 is 2.63 bits per heavy atom. The molecule has 1 aromatic carbocycles. The van der Waals surface area contributed by atoms with Crippen LogP contribution in [0.25, 0.3) is 0 Å². The summed E-state index contributed by atoms with van der Waals surface area (Å²) in [7, 11) is 0. The summed E-state index contributed by atoms with van der Waals surface area (Å²) in [6.45, 7) is 7.10. The molecular formula is C15H22N2O2. The van der Waals surface area contributed by atoms with E-state index in [4.69, 9.17) is 0 Å². The Labute approximate surface area is 114 Å². The summed E-state index contributed by atoms with van der Waals surface area (Å²) < 4.78 is 0. The summed E-state index contributed by atoms with van der Waals surface area (Å²) in [6.07, 6.45) is 0. The standard InChI is InChI=1S/C15H22N2O2/c1-10(2)14(13-9-16-7-8-17-13)11-5-3-4-6-12(11)15(18)19/h3-6,10,13-14,16-17H,7-9H2,1-2H3,(H,18,19). The predicted octanol–water partition coefficient (Wildman–Crippen LogP) is 1.69. The Morgan fingerprint density at radius 2 is 2.05 bits per heavy atom. The van der Waals surface area contributed by atoms with E-state index in [1.807, 2.05) is 12.1 Å². The van der Waals surface area contributed by atoms with Crippen molar-refractivity contribution in [1.29, 1.82) is 0 Å². The number of hydrogen-bond donors (Lipinski definition) is 3. The van der Waals surface area contributed by atoms with Crippen molar-refractivity contribution in [1.82, 2.24) is 10.6 Å². The molecule has 2 unspecified atom stereocenters. The van der Waals surface area contributed by atoms with Crippen LogP contribution in [0.1, 0.15) is 35.7 Å². The second-order valence-corrected chi connectivity index (χ2v) is 5.43. The van der Waals surface area contributed by atoms with Crippen LogP contribution in [0, 0.1) is 5.92 Å². The number of hydrogen-bond acceptors (Lipinski definition) is 3. The molecule has 1 aromatic rings. The Morgan fingerprint density at radius 1 is 1.32 bits per heavy atom. The molecule has 1 fully saturated rings. The van der Waals surface area contributed by atoms with Gasteiger partial charge in [-0.15, -0.1) is 0 Å². The van der Waals surface area contributed by atoms with Gasteiger partial charge in [0.05, 0.1) is 5.56 Å². The molecule has 0 aliphatic carbocycles. The molecule has 0 bridgehead atoms. The lowest BCUT2D eigenvalue weighted by Crippen LogP contribution is -2.52. The molecule has 1 aliphatic heterocycles. The van der Waals surface area contributed by atoms with E-state index >= 15 is 0 Å². The maximum atomic E-state index is 11.4. The zero-order valence-corrected chi connectivity index (χ0v) is 11.5. The highest BCUT2D eigenvalue weighted by atomic mass is 16.4. The van der Waals surface area contributed by atoms with Crippen LogP contribution in [-0.2, 0) is 0 Å². The van der Waals surface area contributed by atoms with Gasteiger partial charge >= 0.3 is 5.97 Å². The maximum Gasteiger partial charge on any atom is 0.335 e. The van der Waals surface area contributed by atoms with Crippen LogP contribution in [0.2, 0.25) is 0 Å². The summed E-state index contributed by atoms with van der Waals surface area (Å²) in [5, 5.41) is 16.2. The zero-order chi connectivity index (χ0) is 13.8. The molecule has 0 radical (unpaired) electrons. The highest BCUT2D eigenvalue weighted by molar-refractivity contribution is 5.89. The molecule has 4 heteroatoms. The lowest BCUT2D eigenvalue weighted by molar-refractivity contribution is 0.0694. The number of benzene rings is 1. The van der Waals surface area contributed by atoms with Gasteiger partial charge in [-0.2, -0.15) is 0 Å². The third-order valence-corrected chi connectivity index (χ3v) is 3.77. The monoisotopic (exact) mass is 262 g/mol. The largest absolute Gasteiger partial charge is 0.478 e. The molecule has 2 rings (SSSR count). The summed E-state index contributed by atoms with van der Waals surface area (Å²) in [6, 6.07) is 7.65. The topological polar surface area (TPSA) is 61.4 Å². The van der Waals surface area contributed by atoms with E-state index in [-0.39, 0.29) is 12.0 Å². The minimum atomic E-state index is -0.843. The van der Waals surface area contributed by atoms with E-state index in [0.29, 0.717) is 11.5 Å². The fraction of sp³-hybridized carbons (Fsp3) is 0.533. The van der Waals surface area contributed by atoms with Crippen molar-refractivity contribution in [2.75, 3.05) is 19.6 Å². The minimum absolute atomic E-state index is 0.208.